The highest BCUT2D eigenvalue weighted by Crippen LogP contribution is 2.40. The van der Waals surface area contributed by atoms with E-state index in [4.69, 9.17) is 37.7 Å². The van der Waals surface area contributed by atoms with E-state index in [1.54, 1.807) is 23.1 Å². The highest BCUT2D eigenvalue weighted by atomic mass is 35.5. The van der Waals surface area contributed by atoms with Crippen LogP contribution in [-0.4, -0.2) is 48.8 Å². The van der Waals surface area contributed by atoms with Crippen molar-refractivity contribution in [2.45, 2.75) is 13.8 Å². The number of ether oxygens (including phenoxy) is 2. The Balaban J connectivity index is 0.00000272. The van der Waals surface area contributed by atoms with Crippen molar-refractivity contribution in [2.24, 2.45) is 0 Å². The van der Waals surface area contributed by atoms with Gasteiger partial charge >= 0.3 is 0 Å². The average Bonchev–Trinajstić information content (AvgIpc) is 3.36. The maximum absolute atomic E-state index is 13.5. The molecule has 31 heavy (non-hydrogen) atoms. The largest absolute Gasteiger partial charge is 0.454 e. The molecule has 2 heterocycles. The number of carbonyl (C=O) groups is 1. The molecule has 1 aliphatic heterocycles. The van der Waals surface area contributed by atoms with Gasteiger partial charge in [-0.15, -0.1) is 12.4 Å². The van der Waals surface area contributed by atoms with Gasteiger partial charge in [-0.05, 0) is 31.3 Å². The zero-order chi connectivity index (χ0) is 21.3. The van der Waals surface area contributed by atoms with Crippen molar-refractivity contribution in [1.82, 2.24) is 9.88 Å². The van der Waals surface area contributed by atoms with Gasteiger partial charge in [0.2, 0.25) is 6.79 Å². The third-order valence-electron chi connectivity index (χ3n) is 5.04. The first kappa shape index (κ1) is 23.9. The number of hydrogen-bond acceptors (Lipinski definition) is 6. The van der Waals surface area contributed by atoms with Crippen LogP contribution in [0.2, 0.25) is 10.0 Å². The molecule has 0 aliphatic carbocycles. The first-order valence-corrected chi connectivity index (χ1v) is 11.3. The Labute approximate surface area is 201 Å². The molecule has 1 aliphatic rings. The first-order chi connectivity index (χ1) is 14.5. The molecule has 4 rings (SSSR count). The third kappa shape index (κ3) is 5.02. The summed E-state index contributed by atoms with van der Waals surface area (Å²) in [6, 6.07) is 8.65. The molecule has 1 amide bonds. The summed E-state index contributed by atoms with van der Waals surface area (Å²) < 4.78 is 11.8. The summed E-state index contributed by atoms with van der Waals surface area (Å²) in [4.78, 5) is 22.1. The van der Waals surface area contributed by atoms with Gasteiger partial charge in [0.05, 0.1) is 20.8 Å². The number of hydrogen-bond donors (Lipinski definition) is 0. The number of carbonyl (C=O) groups excluding carboxylic acids is 1. The standard InChI is InChI=1S/C21H21Cl2N3O3S.ClH/c1-3-25(4-2)7-8-26(20(27)14-9-13(22)5-6-15(14)23)21-24-16-10-17-18(29-12-28-17)11-19(16)30-21;/h5-6,9-11H,3-4,7-8,12H2,1-2H3;1H. The third-order valence-corrected chi connectivity index (χ3v) is 6.65. The quantitative estimate of drug-likeness (QED) is 0.412. The number of fused-ring (bicyclic) bond motifs is 2. The Morgan fingerprint density at radius 1 is 1.10 bits per heavy atom. The van der Waals surface area contributed by atoms with Crippen molar-refractivity contribution in [3.05, 3.63) is 45.9 Å². The molecular formula is C21H22Cl3N3O3S. The van der Waals surface area contributed by atoms with E-state index in [9.17, 15) is 4.79 Å². The number of benzene rings is 2. The number of rotatable bonds is 7. The highest BCUT2D eigenvalue weighted by Gasteiger charge is 2.25. The predicted octanol–water partition coefficient (Wildman–Crippen LogP) is 5.74. The van der Waals surface area contributed by atoms with Gasteiger partial charge in [-0.2, -0.15) is 0 Å². The van der Waals surface area contributed by atoms with Gasteiger partial charge in [0, 0.05) is 30.2 Å². The van der Waals surface area contributed by atoms with Crippen LogP contribution < -0.4 is 14.4 Å². The number of aromatic nitrogens is 1. The lowest BCUT2D eigenvalue weighted by atomic mass is 10.2. The summed E-state index contributed by atoms with van der Waals surface area (Å²) in [5, 5.41) is 1.42. The molecule has 0 unspecified atom stereocenters. The second-order valence-electron chi connectivity index (χ2n) is 6.78. The molecule has 0 bridgehead atoms. The van der Waals surface area contributed by atoms with E-state index in [1.807, 2.05) is 12.1 Å². The van der Waals surface area contributed by atoms with Crippen molar-refractivity contribution in [2.75, 3.05) is 37.9 Å². The molecule has 0 fully saturated rings. The van der Waals surface area contributed by atoms with E-state index in [0.717, 1.165) is 29.9 Å². The van der Waals surface area contributed by atoms with Crippen LogP contribution >= 0.6 is 46.9 Å². The first-order valence-electron chi connectivity index (χ1n) is 9.69. The van der Waals surface area contributed by atoms with Crippen LogP contribution in [0.25, 0.3) is 10.2 Å². The molecule has 166 valence electrons. The fourth-order valence-electron chi connectivity index (χ4n) is 3.29. The van der Waals surface area contributed by atoms with Crippen molar-refractivity contribution in [3.63, 3.8) is 0 Å². The van der Waals surface area contributed by atoms with Crippen LogP contribution in [0.15, 0.2) is 30.3 Å². The molecule has 1 aromatic heterocycles. The van der Waals surface area contributed by atoms with Gasteiger partial charge in [-0.1, -0.05) is 48.4 Å². The second-order valence-corrected chi connectivity index (χ2v) is 8.63. The van der Waals surface area contributed by atoms with Crippen LogP contribution in [0.3, 0.4) is 0 Å². The lowest BCUT2D eigenvalue weighted by Gasteiger charge is -2.25. The number of likely N-dealkylation sites (N-methyl/N-ethyl adjacent to an activating group) is 1. The fraction of sp³-hybridized carbons (Fsp3) is 0.333. The molecule has 0 atom stereocenters. The molecule has 0 N–H and O–H groups in total. The van der Waals surface area contributed by atoms with Gasteiger partial charge in [0.1, 0.15) is 0 Å². The van der Waals surface area contributed by atoms with Crippen LogP contribution in [0.1, 0.15) is 24.2 Å². The highest BCUT2D eigenvalue weighted by molar-refractivity contribution is 7.22. The molecule has 2 aromatic carbocycles. The minimum atomic E-state index is -0.228. The Morgan fingerprint density at radius 3 is 2.52 bits per heavy atom. The summed E-state index contributed by atoms with van der Waals surface area (Å²) in [6.45, 7) is 7.41. The minimum Gasteiger partial charge on any atom is -0.454 e. The van der Waals surface area contributed by atoms with Crippen LogP contribution in [-0.2, 0) is 0 Å². The molecule has 10 heteroatoms. The maximum Gasteiger partial charge on any atom is 0.261 e. The monoisotopic (exact) mass is 501 g/mol. The molecular weight excluding hydrogens is 481 g/mol. The van der Waals surface area contributed by atoms with E-state index < -0.39 is 0 Å². The zero-order valence-corrected chi connectivity index (χ0v) is 20.2. The van der Waals surface area contributed by atoms with Crippen molar-refractivity contribution in [3.8, 4) is 11.5 Å². The number of halogens is 3. The molecule has 0 saturated heterocycles. The van der Waals surface area contributed by atoms with Crippen LogP contribution in [0.5, 0.6) is 11.5 Å². The van der Waals surface area contributed by atoms with E-state index >= 15 is 0 Å². The van der Waals surface area contributed by atoms with Gasteiger partial charge in [0.25, 0.3) is 5.91 Å². The van der Waals surface area contributed by atoms with Crippen molar-refractivity contribution < 1.29 is 14.3 Å². The zero-order valence-electron chi connectivity index (χ0n) is 17.1. The summed E-state index contributed by atoms with van der Waals surface area (Å²) in [5.41, 5.74) is 1.12. The van der Waals surface area contributed by atoms with E-state index in [-0.39, 0.29) is 25.1 Å². The number of nitrogens with zero attached hydrogens (tertiary/aromatic N) is 3. The lowest BCUT2D eigenvalue weighted by molar-refractivity contribution is 0.0984. The molecule has 0 spiro atoms. The summed E-state index contributed by atoms with van der Waals surface area (Å²) in [7, 11) is 0. The predicted molar refractivity (Wildman–Crippen MR) is 129 cm³/mol. The van der Waals surface area contributed by atoms with Crippen molar-refractivity contribution in [1.29, 1.82) is 0 Å². The second kappa shape index (κ2) is 10.2. The average molecular weight is 503 g/mol. The Hall–Kier alpha value is -1.77. The fourth-order valence-corrected chi connectivity index (χ4v) is 4.66. The van der Waals surface area contributed by atoms with Gasteiger partial charge < -0.3 is 14.4 Å². The van der Waals surface area contributed by atoms with Gasteiger partial charge in [0.15, 0.2) is 16.6 Å². The number of anilines is 1. The van der Waals surface area contributed by atoms with E-state index in [1.165, 1.54) is 11.3 Å². The molecule has 3 aromatic rings. The summed E-state index contributed by atoms with van der Waals surface area (Å²) >= 11 is 13.9. The van der Waals surface area contributed by atoms with Crippen LogP contribution in [0, 0.1) is 0 Å². The maximum atomic E-state index is 13.5. The SMILES string of the molecule is CCN(CC)CCN(C(=O)c1cc(Cl)ccc1Cl)c1nc2cc3c(cc2s1)OCO3.Cl. The summed E-state index contributed by atoms with van der Waals surface area (Å²) in [6.07, 6.45) is 0. The lowest BCUT2D eigenvalue weighted by Crippen LogP contribution is -2.39. The smallest absolute Gasteiger partial charge is 0.261 e. The number of amides is 1. The molecule has 0 saturated carbocycles. The van der Waals surface area contributed by atoms with E-state index in [2.05, 4.69) is 18.7 Å². The minimum absolute atomic E-state index is 0. The van der Waals surface area contributed by atoms with Gasteiger partial charge in [-0.25, -0.2) is 4.98 Å². The van der Waals surface area contributed by atoms with Crippen LogP contribution in [0.4, 0.5) is 5.13 Å². The molecule has 0 radical (unpaired) electrons. The Bertz CT molecular complexity index is 1050. The Kier molecular flexibility index (Phi) is 7.88. The summed E-state index contributed by atoms with van der Waals surface area (Å²) in [5.74, 6) is 1.13. The van der Waals surface area contributed by atoms with Crippen molar-refractivity contribution >= 4 is 68.2 Å². The van der Waals surface area contributed by atoms with Gasteiger partial charge in [-0.3, -0.25) is 9.69 Å². The molecule has 6 nitrogen and oxygen atoms in total. The number of thiazole rings is 1. The normalized spacial score (nSPS) is 12.3. The van der Waals surface area contributed by atoms with E-state index in [0.29, 0.717) is 38.8 Å². The Morgan fingerprint density at radius 2 is 1.81 bits per heavy atom. The topological polar surface area (TPSA) is 54.9 Å².